The Morgan fingerprint density at radius 2 is 2.14 bits per heavy atom. The number of carbonyl (C=O) groups excluding carboxylic acids is 1. The van der Waals surface area contributed by atoms with Gasteiger partial charge >= 0.3 is 5.97 Å². The highest BCUT2D eigenvalue weighted by Crippen LogP contribution is 2.21. The van der Waals surface area contributed by atoms with Crippen LogP contribution in [0.3, 0.4) is 0 Å². The number of para-hydroxylation sites is 1. The van der Waals surface area contributed by atoms with E-state index < -0.39 is 0 Å². The van der Waals surface area contributed by atoms with Gasteiger partial charge in [-0.05, 0) is 23.8 Å². The molecule has 0 saturated carbocycles. The molecule has 5 heteroatoms. The molecule has 0 fully saturated rings. The summed E-state index contributed by atoms with van der Waals surface area (Å²) in [7, 11) is 1.38. The summed E-state index contributed by atoms with van der Waals surface area (Å²) in [4.78, 5) is 16.1. The van der Waals surface area contributed by atoms with Crippen LogP contribution in [0.5, 0.6) is 0 Å². The van der Waals surface area contributed by atoms with E-state index in [0.717, 1.165) is 27.4 Å². The number of fused-ring (bicyclic) bond motifs is 1. The smallest absolute Gasteiger partial charge is 0.310 e. The Morgan fingerprint density at radius 1 is 1.32 bits per heavy atom. The molecule has 0 atom stereocenters. The minimum atomic E-state index is -0.294. The van der Waals surface area contributed by atoms with Crippen LogP contribution in [0.15, 0.2) is 47.5 Å². The highest BCUT2D eigenvalue weighted by Gasteiger charge is 2.14. The van der Waals surface area contributed by atoms with Crippen LogP contribution >= 0.6 is 11.6 Å². The summed E-state index contributed by atoms with van der Waals surface area (Å²) in [5.41, 5.74) is 2.73. The monoisotopic (exact) mass is 314 g/mol. The highest BCUT2D eigenvalue weighted by molar-refractivity contribution is 6.30. The van der Waals surface area contributed by atoms with E-state index in [2.05, 4.69) is 10.3 Å². The maximum atomic E-state index is 11.7. The Hall–Kier alpha value is -2.33. The molecule has 112 valence electrons. The standard InChI is InChI=1S/C17H15ClN2O2/c1-22-16(21)9-11-8-12(18)6-7-13(11)17-14-4-2-3-5-15(14)19-10-20-17/h2-8,20H,9-10H2,1H3. The molecule has 2 aromatic carbocycles. The number of nitrogens with zero attached hydrogens (tertiary/aromatic N) is 1. The van der Waals surface area contributed by atoms with Crippen molar-refractivity contribution in [2.24, 2.45) is 4.99 Å². The van der Waals surface area contributed by atoms with Crippen molar-refractivity contribution in [1.29, 1.82) is 0 Å². The molecule has 0 saturated heterocycles. The fourth-order valence-electron chi connectivity index (χ4n) is 2.54. The van der Waals surface area contributed by atoms with E-state index >= 15 is 0 Å². The van der Waals surface area contributed by atoms with Crippen LogP contribution < -0.4 is 15.9 Å². The Kier molecular flexibility index (Phi) is 4.11. The van der Waals surface area contributed by atoms with Crippen molar-refractivity contribution in [1.82, 2.24) is 5.32 Å². The van der Waals surface area contributed by atoms with Crippen LogP contribution in [0.4, 0.5) is 0 Å². The van der Waals surface area contributed by atoms with E-state index in [0.29, 0.717) is 11.7 Å². The zero-order chi connectivity index (χ0) is 15.5. The quantitative estimate of drug-likeness (QED) is 0.871. The second-order valence-corrected chi connectivity index (χ2v) is 5.38. The molecule has 0 unspecified atom stereocenters. The van der Waals surface area contributed by atoms with Crippen LogP contribution in [0, 0.1) is 0 Å². The Balaban J connectivity index is 2.21. The molecule has 1 N–H and O–H groups in total. The number of methoxy groups -OCH3 is 1. The molecule has 0 radical (unpaired) electrons. The van der Waals surface area contributed by atoms with Crippen LogP contribution in [0.25, 0.3) is 5.70 Å². The Labute approximate surface area is 133 Å². The normalized spacial score (nSPS) is 12.9. The predicted molar refractivity (Wildman–Crippen MR) is 84.9 cm³/mol. The fourth-order valence-corrected chi connectivity index (χ4v) is 2.74. The lowest BCUT2D eigenvalue weighted by molar-refractivity contribution is -0.139. The van der Waals surface area contributed by atoms with Gasteiger partial charge < -0.3 is 10.1 Å². The summed E-state index contributed by atoms with van der Waals surface area (Å²) in [5, 5.41) is 5.85. The third kappa shape index (κ3) is 2.83. The molecule has 0 spiro atoms. The Bertz CT molecular complexity index is 846. The molecule has 3 rings (SSSR count). The van der Waals surface area contributed by atoms with Crippen LogP contribution in [0.2, 0.25) is 5.02 Å². The molecular formula is C17H15ClN2O2. The van der Waals surface area contributed by atoms with Gasteiger partial charge in [-0.2, -0.15) is 0 Å². The van der Waals surface area contributed by atoms with E-state index in [4.69, 9.17) is 16.3 Å². The van der Waals surface area contributed by atoms with Crippen molar-refractivity contribution < 1.29 is 9.53 Å². The van der Waals surface area contributed by atoms with Crippen molar-refractivity contribution in [3.05, 3.63) is 69.2 Å². The number of carbonyl (C=O) groups is 1. The average Bonchev–Trinajstić information content (AvgIpc) is 2.54. The number of benzene rings is 2. The third-order valence-corrected chi connectivity index (χ3v) is 3.81. The number of esters is 1. The maximum absolute atomic E-state index is 11.7. The minimum Gasteiger partial charge on any atom is -0.469 e. The van der Waals surface area contributed by atoms with Gasteiger partial charge in [0.25, 0.3) is 0 Å². The maximum Gasteiger partial charge on any atom is 0.310 e. The number of rotatable bonds is 3. The first-order valence-corrected chi connectivity index (χ1v) is 7.30. The van der Waals surface area contributed by atoms with Gasteiger partial charge in [-0.15, -0.1) is 0 Å². The topological polar surface area (TPSA) is 50.7 Å². The molecule has 2 aromatic rings. The largest absolute Gasteiger partial charge is 0.469 e. The first-order valence-electron chi connectivity index (χ1n) is 6.92. The number of hydrogen-bond acceptors (Lipinski definition) is 4. The summed E-state index contributed by atoms with van der Waals surface area (Å²) in [6.45, 7) is 0.507. The van der Waals surface area contributed by atoms with Crippen LogP contribution in [-0.4, -0.2) is 19.7 Å². The van der Waals surface area contributed by atoms with Crippen LogP contribution in [0.1, 0.15) is 11.1 Å². The number of hydrogen-bond donors (Lipinski definition) is 1. The van der Waals surface area contributed by atoms with Gasteiger partial charge in [-0.1, -0.05) is 35.9 Å². The van der Waals surface area contributed by atoms with Gasteiger partial charge in [-0.25, -0.2) is 0 Å². The lowest BCUT2D eigenvalue weighted by Gasteiger charge is -2.17. The average molecular weight is 315 g/mol. The molecule has 4 nitrogen and oxygen atoms in total. The molecule has 1 aliphatic heterocycles. The van der Waals surface area contributed by atoms with Crippen LogP contribution in [-0.2, 0) is 16.0 Å². The molecule has 0 amide bonds. The molecule has 0 aliphatic carbocycles. The molecule has 0 bridgehead atoms. The first kappa shape index (κ1) is 14.6. The SMILES string of the molecule is COC(=O)Cc1cc(Cl)ccc1C1=c2ccccc2=NCN1. The first-order chi connectivity index (χ1) is 10.7. The summed E-state index contributed by atoms with van der Waals surface area (Å²) in [5.74, 6) is -0.294. The number of halogens is 1. The van der Waals surface area contributed by atoms with E-state index in [1.54, 1.807) is 6.07 Å². The fraction of sp³-hybridized carbons (Fsp3) is 0.176. The van der Waals surface area contributed by atoms with Gasteiger partial charge in [-0.3, -0.25) is 9.79 Å². The molecule has 22 heavy (non-hydrogen) atoms. The lowest BCUT2D eigenvalue weighted by Crippen LogP contribution is -2.38. The number of ether oxygens (including phenoxy) is 1. The van der Waals surface area contributed by atoms with Crippen molar-refractivity contribution in [2.45, 2.75) is 6.42 Å². The van der Waals surface area contributed by atoms with Crippen molar-refractivity contribution >= 4 is 23.3 Å². The number of nitrogens with one attached hydrogen (secondary N) is 1. The summed E-state index contributed by atoms with van der Waals surface area (Å²) >= 11 is 6.08. The molecule has 1 heterocycles. The molecule has 0 aromatic heterocycles. The van der Waals surface area contributed by atoms with Gasteiger partial charge in [0.05, 0.1) is 24.6 Å². The van der Waals surface area contributed by atoms with Crippen molar-refractivity contribution in [3.8, 4) is 0 Å². The Morgan fingerprint density at radius 3 is 2.95 bits per heavy atom. The van der Waals surface area contributed by atoms with Crippen molar-refractivity contribution in [3.63, 3.8) is 0 Å². The predicted octanol–water partition coefficient (Wildman–Crippen LogP) is 1.39. The van der Waals surface area contributed by atoms with Crippen molar-refractivity contribution in [2.75, 3.05) is 13.8 Å². The lowest BCUT2D eigenvalue weighted by atomic mass is 9.99. The highest BCUT2D eigenvalue weighted by atomic mass is 35.5. The second kappa shape index (κ2) is 6.20. The zero-order valence-corrected chi connectivity index (χ0v) is 12.9. The second-order valence-electron chi connectivity index (χ2n) is 4.94. The van der Waals surface area contributed by atoms with E-state index in [1.807, 2.05) is 36.4 Å². The summed E-state index contributed by atoms with van der Waals surface area (Å²) in [6.07, 6.45) is 0.177. The van der Waals surface area contributed by atoms with E-state index in [1.165, 1.54) is 7.11 Å². The zero-order valence-electron chi connectivity index (χ0n) is 12.1. The molecular weight excluding hydrogens is 300 g/mol. The third-order valence-electron chi connectivity index (χ3n) is 3.58. The van der Waals surface area contributed by atoms with Gasteiger partial charge in [0.15, 0.2) is 0 Å². The van der Waals surface area contributed by atoms with E-state index in [9.17, 15) is 4.79 Å². The van der Waals surface area contributed by atoms with Gasteiger partial charge in [0, 0.05) is 15.8 Å². The van der Waals surface area contributed by atoms with Gasteiger partial charge in [0.2, 0.25) is 0 Å². The minimum absolute atomic E-state index is 0.177. The van der Waals surface area contributed by atoms with E-state index in [-0.39, 0.29) is 12.4 Å². The summed E-state index contributed by atoms with van der Waals surface area (Å²) < 4.78 is 4.78. The summed E-state index contributed by atoms with van der Waals surface area (Å²) in [6, 6.07) is 13.5. The van der Waals surface area contributed by atoms with Gasteiger partial charge in [0.1, 0.15) is 6.67 Å². The molecule has 1 aliphatic rings.